The smallest absolute Gasteiger partial charge is 0.264 e. The molecule has 0 bridgehead atoms. The molecular formula is C15H17F2N5. The van der Waals surface area contributed by atoms with Crippen molar-refractivity contribution >= 4 is 11.0 Å². The van der Waals surface area contributed by atoms with E-state index in [0.717, 1.165) is 11.3 Å². The van der Waals surface area contributed by atoms with Crippen molar-refractivity contribution in [2.75, 3.05) is 0 Å². The number of halogens is 2. The monoisotopic (exact) mass is 305 g/mol. The van der Waals surface area contributed by atoms with Gasteiger partial charge in [-0.3, -0.25) is 4.68 Å². The summed E-state index contributed by atoms with van der Waals surface area (Å²) in [5.41, 5.74) is 3.19. The number of alkyl halides is 2. The SMILES string of the molecule is CCn1nc(C)c2c(C(F)F)cc(-c3cnn(C)c3C)nc21. The maximum atomic E-state index is 13.5. The fourth-order valence-corrected chi connectivity index (χ4v) is 2.67. The highest BCUT2D eigenvalue weighted by Crippen LogP contribution is 2.33. The Balaban J connectivity index is 2.36. The largest absolute Gasteiger partial charge is 0.272 e. The minimum atomic E-state index is -2.57. The number of fused-ring (bicyclic) bond motifs is 1. The number of hydrogen-bond donors (Lipinski definition) is 0. The maximum absolute atomic E-state index is 13.5. The maximum Gasteiger partial charge on any atom is 0.264 e. The van der Waals surface area contributed by atoms with Gasteiger partial charge in [-0.05, 0) is 26.8 Å². The van der Waals surface area contributed by atoms with Crippen LogP contribution in [-0.2, 0) is 13.6 Å². The fourth-order valence-electron chi connectivity index (χ4n) is 2.67. The van der Waals surface area contributed by atoms with Crippen molar-refractivity contribution in [3.05, 3.63) is 29.2 Å². The molecule has 22 heavy (non-hydrogen) atoms. The van der Waals surface area contributed by atoms with Crippen LogP contribution in [0.5, 0.6) is 0 Å². The van der Waals surface area contributed by atoms with Gasteiger partial charge in [0.25, 0.3) is 6.43 Å². The molecule has 3 aromatic heterocycles. The molecule has 0 saturated carbocycles. The highest BCUT2D eigenvalue weighted by molar-refractivity contribution is 5.85. The summed E-state index contributed by atoms with van der Waals surface area (Å²) >= 11 is 0. The third-order valence-corrected chi connectivity index (χ3v) is 3.95. The summed E-state index contributed by atoms with van der Waals surface area (Å²) < 4.78 is 30.4. The van der Waals surface area contributed by atoms with E-state index < -0.39 is 6.43 Å². The third-order valence-electron chi connectivity index (χ3n) is 3.95. The lowest BCUT2D eigenvalue weighted by Gasteiger charge is -2.08. The zero-order chi connectivity index (χ0) is 16.0. The lowest BCUT2D eigenvalue weighted by atomic mass is 10.1. The lowest BCUT2D eigenvalue weighted by molar-refractivity contribution is 0.153. The zero-order valence-electron chi connectivity index (χ0n) is 12.9. The van der Waals surface area contributed by atoms with Crippen molar-refractivity contribution in [3.8, 4) is 11.3 Å². The molecule has 3 heterocycles. The Hall–Kier alpha value is -2.31. The number of aryl methyl sites for hydroxylation is 3. The number of nitrogens with zero attached hydrogens (tertiary/aromatic N) is 5. The highest BCUT2D eigenvalue weighted by atomic mass is 19.3. The summed E-state index contributed by atoms with van der Waals surface area (Å²) in [5, 5.41) is 8.92. The molecule has 0 aromatic carbocycles. The number of hydrogen-bond acceptors (Lipinski definition) is 3. The Bertz CT molecular complexity index is 847. The van der Waals surface area contributed by atoms with Crippen LogP contribution in [-0.4, -0.2) is 24.5 Å². The summed E-state index contributed by atoms with van der Waals surface area (Å²) in [6.07, 6.45) is -0.924. The zero-order valence-corrected chi connectivity index (χ0v) is 12.9. The number of rotatable bonds is 3. The van der Waals surface area contributed by atoms with Gasteiger partial charge in [0.2, 0.25) is 0 Å². The van der Waals surface area contributed by atoms with Gasteiger partial charge in [-0.25, -0.2) is 18.4 Å². The molecule has 0 N–H and O–H groups in total. The molecule has 7 heteroatoms. The Morgan fingerprint density at radius 1 is 1.27 bits per heavy atom. The van der Waals surface area contributed by atoms with Gasteiger partial charge >= 0.3 is 0 Å². The van der Waals surface area contributed by atoms with E-state index in [4.69, 9.17) is 0 Å². The highest BCUT2D eigenvalue weighted by Gasteiger charge is 2.21. The first-order valence-electron chi connectivity index (χ1n) is 7.09. The number of pyridine rings is 1. The summed E-state index contributed by atoms with van der Waals surface area (Å²) in [6, 6.07) is 1.45. The minimum Gasteiger partial charge on any atom is -0.272 e. The van der Waals surface area contributed by atoms with Gasteiger partial charge in [0, 0.05) is 30.4 Å². The molecule has 5 nitrogen and oxygen atoms in total. The normalized spacial score (nSPS) is 11.8. The van der Waals surface area contributed by atoms with E-state index in [1.165, 1.54) is 6.07 Å². The van der Waals surface area contributed by atoms with Crippen molar-refractivity contribution in [2.45, 2.75) is 33.7 Å². The van der Waals surface area contributed by atoms with Crippen molar-refractivity contribution in [1.29, 1.82) is 0 Å². The van der Waals surface area contributed by atoms with E-state index >= 15 is 0 Å². The van der Waals surface area contributed by atoms with Crippen LogP contribution < -0.4 is 0 Å². The molecule has 3 aromatic rings. The van der Waals surface area contributed by atoms with Crippen molar-refractivity contribution in [2.24, 2.45) is 7.05 Å². The van der Waals surface area contributed by atoms with Crippen LogP contribution in [0.25, 0.3) is 22.3 Å². The summed E-state index contributed by atoms with van der Waals surface area (Å²) in [5.74, 6) is 0. The standard InChI is InChI=1S/C15H17F2N5/c1-5-22-15-13(8(2)20-22)10(14(16)17)6-12(19-15)11-7-18-21(4)9(11)3/h6-7,14H,5H2,1-4H3. The second-order valence-corrected chi connectivity index (χ2v) is 5.26. The van der Waals surface area contributed by atoms with Crippen molar-refractivity contribution < 1.29 is 8.78 Å². The van der Waals surface area contributed by atoms with E-state index in [1.54, 1.807) is 22.5 Å². The van der Waals surface area contributed by atoms with Crippen LogP contribution >= 0.6 is 0 Å². The minimum absolute atomic E-state index is 0.0274. The quantitative estimate of drug-likeness (QED) is 0.745. The topological polar surface area (TPSA) is 48.5 Å². The second kappa shape index (κ2) is 5.15. The summed E-state index contributed by atoms with van der Waals surface area (Å²) in [7, 11) is 1.81. The van der Waals surface area contributed by atoms with E-state index in [0.29, 0.717) is 29.0 Å². The van der Waals surface area contributed by atoms with E-state index in [9.17, 15) is 8.78 Å². The van der Waals surface area contributed by atoms with Gasteiger partial charge in [0.15, 0.2) is 5.65 Å². The summed E-state index contributed by atoms with van der Waals surface area (Å²) in [4.78, 5) is 4.57. The molecule has 0 amide bonds. The van der Waals surface area contributed by atoms with Gasteiger partial charge in [0.1, 0.15) is 0 Å². The Morgan fingerprint density at radius 3 is 2.55 bits per heavy atom. The molecule has 0 fully saturated rings. The first kappa shape index (κ1) is 14.6. The lowest BCUT2D eigenvalue weighted by Crippen LogP contribution is -2.00. The first-order chi connectivity index (χ1) is 10.4. The van der Waals surface area contributed by atoms with Crippen LogP contribution in [0.4, 0.5) is 8.78 Å². The first-order valence-corrected chi connectivity index (χ1v) is 7.09. The summed E-state index contributed by atoms with van der Waals surface area (Å²) in [6.45, 7) is 6.11. The van der Waals surface area contributed by atoms with Crippen molar-refractivity contribution in [1.82, 2.24) is 24.5 Å². The van der Waals surface area contributed by atoms with E-state index in [-0.39, 0.29) is 5.56 Å². The predicted octanol–water partition coefficient (Wildman–Crippen LogP) is 3.41. The Labute approximate surface area is 126 Å². The predicted molar refractivity (Wildman–Crippen MR) is 79.8 cm³/mol. The molecule has 0 unspecified atom stereocenters. The molecule has 0 aliphatic carbocycles. The van der Waals surface area contributed by atoms with Gasteiger partial charge in [-0.2, -0.15) is 10.2 Å². The molecule has 3 rings (SSSR count). The fraction of sp³-hybridized carbons (Fsp3) is 0.400. The van der Waals surface area contributed by atoms with Crippen LogP contribution in [0.1, 0.15) is 30.3 Å². The van der Waals surface area contributed by atoms with Crippen LogP contribution in [0.2, 0.25) is 0 Å². The van der Waals surface area contributed by atoms with Gasteiger partial charge in [-0.15, -0.1) is 0 Å². The molecule has 0 atom stereocenters. The Morgan fingerprint density at radius 2 is 2.00 bits per heavy atom. The van der Waals surface area contributed by atoms with Crippen molar-refractivity contribution in [3.63, 3.8) is 0 Å². The molecule has 116 valence electrons. The average molecular weight is 305 g/mol. The third kappa shape index (κ3) is 2.08. The van der Waals surface area contributed by atoms with Crippen LogP contribution in [0, 0.1) is 13.8 Å². The molecule has 0 aliphatic heterocycles. The molecule has 0 radical (unpaired) electrons. The molecule has 0 aliphatic rings. The molecular weight excluding hydrogens is 288 g/mol. The average Bonchev–Trinajstić information content (AvgIpc) is 2.99. The molecule has 0 saturated heterocycles. The van der Waals surface area contributed by atoms with Crippen LogP contribution in [0.15, 0.2) is 12.3 Å². The van der Waals surface area contributed by atoms with Gasteiger partial charge < -0.3 is 0 Å². The Kier molecular flexibility index (Phi) is 3.42. The molecule has 0 spiro atoms. The van der Waals surface area contributed by atoms with Gasteiger partial charge in [0.05, 0.1) is 23.0 Å². The van der Waals surface area contributed by atoms with Gasteiger partial charge in [-0.1, -0.05) is 0 Å². The van der Waals surface area contributed by atoms with Crippen LogP contribution in [0.3, 0.4) is 0 Å². The van der Waals surface area contributed by atoms with E-state index in [2.05, 4.69) is 15.2 Å². The van der Waals surface area contributed by atoms with E-state index in [1.807, 2.05) is 20.9 Å². The second-order valence-electron chi connectivity index (χ2n) is 5.26. The number of aromatic nitrogens is 5.